The number of benzene rings is 2. The van der Waals surface area contributed by atoms with Crippen molar-refractivity contribution in [2.75, 3.05) is 13.7 Å². The fourth-order valence-electron chi connectivity index (χ4n) is 2.85. The van der Waals surface area contributed by atoms with Crippen molar-refractivity contribution < 1.29 is 23.0 Å². The highest BCUT2D eigenvalue weighted by atomic mass is 32.1. The minimum absolute atomic E-state index is 0.156. The van der Waals surface area contributed by atoms with E-state index in [4.69, 9.17) is 9.47 Å². The fraction of sp³-hybridized carbons (Fsp3) is 0.227. The quantitative estimate of drug-likeness (QED) is 0.501. The lowest BCUT2D eigenvalue weighted by molar-refractivity contribution is 0.0747. The summed E-state index contributed by atoms with van der Waals surface area (Å²) in [7, 11) is 1.55. The number of rotatable bonds is 8. The molecule has 0 aliphatic carbocycles. The van der Waals surface area contributed by atoms with E-state index in [2.05, 4.69) is 0 Å². The van der Waals surface area contributed by atoms with Crippen LogP contribution in [-0.4, -0.2) is 24.5 Å². The number of hydrogen-bond donors (Lipinski definition) is 0. The number of amides is 1. The zero-order chi connectivity index (χ0) is 20.8. The molecule has 1 amide bonds. The van der Waals surface area contributed by atoms with E-state index in [9.17, 15) is 13.6 Å². The van der Waals surface area contributed by atoms with Crippen molar-refractivity contribution in [3.63, 3.8) is 0 Å². The summed E-state index contributed by atoms with van der Waals surface area (Å²) in [5, 5.41) is 1.99. The molecule has 152 valence electrons. The van der Waals surface area contributed by atoms with Crippen LogP contribution >= 0.6 is 11.3 Å². The molecule has 0 unspecified atom stereocenters. The number of hydrogen-bond acceptors (Lipinski definition) is 4. The number of halogens is 2. The van der Waals surface area contributed by atoms with Gasteiger partial charge in [-0.2, -0.15) is 0 Å². The summed E-state index contributed by atoms with van der Waals surface area (Å²) in [6.07, 6.45) is 0. The molecule has 0 aliphatic heterocycles. The smallest absolute Gasteiger partial charge is 0.257 e. The molecule has 0 N–H and O–H groups in total. The minimum atomic E-state index is -0.872. The molecule has 0 radical (unpaired) electrons. The van der Waals surface area contributed by atoms with Crippen LogP contribution in [0.3, 0.4) is 0 Å². The Hall–Kier alpha value is -2.93. The molecular weight excluding hydrogens is 396 g/mol. The molecular formula is C22H21F2NO3S. The molecule has 7 heteroatoms. The van der Waals surface area contributed by atoms with Crippen LogP contribution in [0.4, 0.5) is 8.78 Å². The van der Waals surface area contributed by atoms with Gasteiger partial charge < -0.3 is 14.4 Å². The maximum atomic E-state index is 14.0. The Kier molecular flexibility index (Phi) is 6.82. The second-order valence-electron chi connectivity index (χ2n) is 6.30. The van der Waals surface area contributed by atoms with E-state index in [1.165, 1.54) is 4.90 Å². The molecule has 0 saturated carbocycles. The summed E-state index contributed by atoms with van der Waals surface area (Å²) in [6.45, 7) is 2.87. The molecule has 3 aromatic rings. The van der Waals surface area contributed by atoms with Gasteiger partial charge in [0.2, 0.25) is 0 Å². The molecule has 0 saturated heterocycles. The number of methoxy groups -OCH3 is 1. The molecule has 0 atom stereocenters. The Balaban J connectivity index is 1.74. The highest BCUT2D eigenvalue weighted by Crippen LogP contribution is 2.30. The normalized spacial score (nSPS) is 10.6. The Bertz CT molecular complexity index is 976. The SMILES string of the molecule is CCN(Cc1ccc(OCc2cccs2)c(OC)c1)C(=O)c1ccc(F)cc1F. The van der Waals surface area contributed by atoms with Gasteiger partial charge in [-0.05, 0) is 48.2 Å². The van der Waals surface area contributed by atoms with Gasteiger partial charge in [0.25, 0.3) is 5.91 Å². The Morgan fingerprint density at radius 2 is 1.93 bits per heavy atom. The van der Waals surface area contributed by atoms with E-state index >= 15 is 0 Å². The van der Waals surface area contributed by atoms with E-state index in [1.54, 1.807) is 37.5 Å². The van der Waals surface area contributed by atoms with Crippen molar-refractivity contribution in [2.45, 2.75) is 20.1 Å². The van der Waals surface area contributed by atoms with Gasteiger partial charge in [0.1, 0.15) is 18.2 Å². The first-order chi connectivity index (χ1) is 14.0. The van der Waals surface area contributed by atoms with Crippen LogP contribution in [0.25, 0.3) is 0 Å². The minimum Gasteiger partial charge on any atom is -0.493 e. The van der Waals surface area contributed by atoms with Crippen molar-refractivity contribution in [1.82, 2.24) is 4.90 Å². The lowest BCUT2D eigenvalue weighted by Gasteiger charge is -2.22. The highest BCUT2D eigenvalue weighted by molar-refractivity contribution is 7.09. The third kappa shape index (κ3) is 5.12. The molecule has 3 rings (SSSR count). The first-order valence-electron chi connectivity index (χ1n) is 9.08. The monoisotopic (exact) mass is 417 g/mol. The topological polar surface area (TPSA) is 38.8 Å². The summed E-state index contributed by atoms with van der Waals surface area (Å²) in [5.74, 6) is -0.936. The van der Waals surface area contributed by atoms with Gasteiger partial charge in [-0.15, -0.1) is 11.3 Å². The van der Waals surface area contributed by atoms with Gasteiger partial charge in [0.05, 0.1) is 12.7 Å². The first-order valence-corrected chi connectivity index (χ1v) is 9.96. The van der Waals surface area contributed by atoms with Crippen molar-refractivity contribution >= 4 is 17.2 Å². The molecule has 29 heavy (non-hydrogen) atoms. The molecule has 0 spiro atoms. The molecule has 0 aliphatic rings. The highest BCUT2D eigenvalue weighted by Gasteiger charge is 2.19. The molecule has 2 aromatic carbocycles. The van der Waals surface area contributed by atoms with E-state index in [1.807, 2.05) is 23.6 Å². The Morgan fingerprint density at radius 3 is 2.59 bits per heavy atom. The second-order valence-corrected chi connectivity index (χ2v) is 7.33. The average Bonchev–Trinajstić information content (AvgIpc) is 3.24. The first kappa shape index (κ1) is 20.8. The van der Waals surface area contributed by atoms with E-state index in [0.717, 1.165) is 22.6 Å². The third-order valence-electron chi connectivity index (χ3n) is 4.38. The molecule has 0 fully saturated rings. The summed E-state index contributed by atoms with van der Waals surface area (Å²) < 4.78 is 38.4. The van der Waals surface area contributed by atoms with Crippen molar-refractivity contribution in [1.29, 1.82) is 0 Å². The molecule has 0 bridgehead atoms. The van der Waals surface area contributed by atoms with Gasteiger partial charge in [-0.3, -0.25) is 4.79 Å². The summed E-state index contributed by atoms with van der Waals surface area (Å²) in [4.78, 5) is 15.3. The van der Waals surface area contributed by atoms with Crippen LogP contribution < -0.4 is 9.47 Å². The van der Waals surface area contributed by atoms with Gasteiger partial charge in [-0.1, -0.05) is 12.1 Å². The van der Waals surface area contributed by atoms with Crippen LogP contribution in [-0.2, 0) is 13.2 Å². The maximum Gasteiger partial charge on any atom is 0.257 e. The number of thiophene rings is 1. The van der Waals surface area contributed by atoms with Crippen LogP contribution in [0.2, 0.25) is 0 Å². The zero-order valence-corrected chi connectivity index (χ0v) is 17.0. The zero-order valence-electron chi connectivity index (χ0n) is 16.2. The predicted octanol–water partition coefficient (Wildman–Crippen LogP) is 5.28. The van der Waals surface area contributed by atoms with Crippen LogP contribution in [0.5, 0.6) is 11.5 Å². The second kappa shape index (κ2) is 9.52. The lowest BCUT2D eigenvalue weighted by Crippen LogP contribution is -2.31. The van der Waals surface area contributed by atoms with E-state index < -0.39 is 17.5 Å². The molecule has 1 heterocycles. The number of carbonyl (C=O) groups is 1. The van der Waals surface area contributed by atoms with Crippen LogP contribution in [0, 0.1) is 11.6 Å². The summed E-state index contributed by atoms with van der Waals surface area (Å²) >= 11 is 1.61. The van der Waals surface area contributed by atoms with Crippen molar-refractivity contribution in [3.8, 4) is 11.5 Å². The largest absolute Gasteiger partial charge is 0.493 e. The maximum absolute atomic E-state index is 14.0. The summed E-state index contributed by atoms with van der Waals surface area (Å²) in [6, 6.07) is 12.3. The predicted molar refractivity (Wildman–Crippen MR) is 108 cm³/mol. The third-order valence-corrected chi connectivity index (χ3v) is 5.23. The van der Waals surface area contributed by atoms with Gasteiger partial charge >= 0.3 is 0 Å². The van der Waals surface area contributed by atoms with Gasteiger partial charge in [0, 0.05) is 24.0 Å². The van der Waals surface area contributed by atoms with Crippen LogP contribution in [0.1, 0.15) is 27.7 Å². The number of ether oxygens (including phenoxy) is 2. The van der Waals surface area contributed by atoms with Crippen molar-refractivity contribution in [3.05, 3.63) is 81.5 Å². The van der Waals surface area contributed by atoms with Gasteiger partial charge in [0.15, 0.2) is 11.5 Å². The number of nitrogens with zero attached hydrogens (tertiary/aromatic N) is 1. The average molecular weight is 417 g/mol. The Labute approximate surface area is 172 Å². The van der Waals surface area contributed by atoms with E-state index in [0.29, 0.717) is 30.7 Å². The summed E-state index contributed by atoms with van der Waals surface area (Å²) in [5.41, 5.74) is 0.652. The molecule has 1 aromatic heterocycles. The fourth-order valence-corrected chi connectivity index (χ4v) is 3.47. The van der Waals surface area contributed by atoms with E-state index in [-0.39, 0.29) is 12.1 Å². The Morgan fingerprint density at radius 1 is 1.10 bits per heavy atom. The number of carbonyl (C=O) groups excluding carboxylic acids is 1. The van der Waals surface area contributed by atoms with Crippen molar-refractivity contribution in [2.24, 2.45) is 0 Å². The standard InChI is InChI=1S/C22H21F2NO3S/c1-3-25(22(26)18-8-7-16(23)12-19(18)24)13-15-6-9-20(21(11-15)27-2)28-14-17-5-4-10-29-17/h4-12H,3,13-14H2,1-2H3. The van der Waals surface area contributed by atoms with Gasteiger partial charge in [-0.25, -0.2) is 8.78 Å². The lowest BCUT2D eigenvalue weighted by atomic mass is 10.1. The molecule has 4 nitrogen and oxygen atoms in total. The van der Waals surface area contributed by atoms with Crippen LogP contribution in [0.15, 0.2) is 53.9 Å².